The first-order chi connectivity index (χ1) is 12.0. The molecule has 7 heteroatoms. The van der Waals surface area contributed by atoms with Crippen LogP contribution in [0.4, 0.5) is 10.2 Å². The van der Waals surface area contributed by atoms with E-state index in [0.717, 1.165) is 17.2 Å². The fraction of sp³-hybridized carbons (Fsp3) is 0.0556. The molecule has 3 rings (SSSR count). The molecular weight excluding hydrogens is 364 g/mol. The maximum Gasteiger partial charge on any atom is 0.258 e. The number of hydrogen-bond acceptors (Lipinski definition) is 3. The minimum absolute atomic E-state index is 0.0618. The second-order valence-corrected chi connectivity index (χ2v) is 6.10. The molecule has 2 aromatic heterocycles. The van der Waals surface area contributed by atoms with Gasteiger partial charge in [0.25, 0.3) is 5.91 Å². The molecule has 0 aliphatic heterocycles. The topological polar surface area (TPSA) is 54.9 Å². The smallest absolute Gasteiger partial charge is 0.258 e. The van der Waals surface area contributed by atoms with Crippen LogP contribution in [0.15, 0.2) is 54.9 Å². The number of halogens is 3. The van der Waals surface area contributed by atoms with Gasteiger partial charge >= 0.3 is 0 Å². The van der Waals surface area contributed by atoms with Crippen molar-refractivity contribution in [2.75, 3.05) is 5.32 Å². The van der Waals surface area contributed by atoms with Crippen LogP contribution in [0, 0.1) is 5.82 Å². The summed E-state index contributed by atoms with van der Waals surface area (Å²) in [5, 5.41) is 2.99. The number of rotatable bonds is 4. The predicted molar refractivity (Wildman–Crippen MR) is 95.7 cm³/mol. The Balaban J connectivity index is 1.67. The second kappa shape index (κ2) is 7.59. The molecule has 126 valence electrons. The van der Waals surface area contributed by atoms with E-state index in [0.29, 0.717) is 17.3 Å². The number of nitrogens with one attached hydrogen (secondary N) is 1. The maximum atomic E-state index is 13.4. The van der Waals surface area contributed by atoms with Gasteiger partial charge in [0.2, 0.25) is 0 Å². The van der Waals surface area contributed by atoms with Gasteiger partial charge in [-0.3, -0.25) is 4.79 Å². The molecule has 0 radical (unpaired) electrons. The molecule has 1 N–H and O–H groups in total. The lowest BCUT2D eigenvalue weighted by atomic mass is 10.1. The average Bonchev–Trinajstić information content (AvgIpc) is 2.59. The number of hydrogen-bond donors (Lipinski definition) is 1. The lowest BCUT2D eigenvalue weighted by molar-refractivity contribution is 0.102. The van der Waals surface area contributed by atoms with Crippen LogP contribution in [0.25, 0.3) is 0 Å². The molecule has 1 amide bonds. The number of aromatic nitrogens is 2. The predicted octanol–water partition coefficient (Wildman–Crippen LogP) is 4.77. The number of carbonyl (C=O) groups is 1. The summed E-state index contributed by atoms with van der Waals surface area (Å²) in [6, 6.07) is 12.1. The highest BCUT2D eigenvalue weighted by atomic mass is 35.5. The van der Waals surface area contributed by atoms with Gasteiger partial charge in [0.1, 0.15) is 5.82 Å². The van der Waals surface area contributed by atoms with Gasteiger partial charge in [-0.1, -0.05) is 41.4 Å². The molecular formula is C18H12Cl2FN3O. The van der Waals surface area contributed by atoms with Gasteiger partial charge in [-0.15, -0.1) is 0 Å². The summed E-state index contributed by atoms with van der Waals surface area (Å²) in [4.78, 5) is 19.9. The molecule has 0 saturated heterocycles. The van der Waals surface area contributed by atoms with Crippen molar-refractivity contribution in [3.63, 3.8) is 0 Å². The molecule has 0 aliphatic carbocycles. The first kappa shape index (κ1) is 17.3. The van der Waals surface area contributed by atoms with Crippen LogP contribution in [0.2, 0.25) is 10.2 Å². The van der Waals surface area contributed by atoms with E-state index in [1.165, 1.54) is 6.20 Å². The van der Waals surface area contributed by atoms with E-state index < -0.39 is 11.7 Å². The molecule has 0 unspecified atom stereocenters. The normalized spacial score (nSPS) is 10.5. The monoisotopic (exact) mass is 375 g/mol. The molecule has 0 saturated carbocycles. The van der Waals surface area contributed by atoms with Crippen molar-refractivity contribution in [3.8, 4) is 0 Å². The van der Waals surface area contributed by atoms with E-state index in [4.69, 9.17) is 23.2 Å². The van der Waals surface area contributed by atoms with Crippen molar-refractivity contribution >= 4 is 34.9 Å². The van der Waals surface area contributed by atoms with Crippen LogP contribution in [0.3, 0.4) is 0 Å². The van der Waals surface area contributed by atoms with Crippen LogP contribution in [0.1, 0.15) is 21.5 Å². The summed E-state index contributed by atoms with van der Waals surface area (Å²) in [5.74, 6) is -0.910. The lowest BCUT2D eigenvalue weighted by Gasteiger charge is -2.06. The zero-order valence-electron chi connectivity index (χ0n) is 12.8. The number of anilines is 1. The third-order valence-electron chi connectivity index (χ3n) is 3.42. The fourth-order valence-electron chi connectivity index (χ4n) is 2.22. The molecule has 0 aliphatic rings. The van der Waals surface area contributed by atoms with Crippen LogP contribution in [-0.2, 0) is 6.42 Å². The van der Waals surface area contributed by atoms with Gasteiger partial charge in [-0.25, -0.2) is 14.4 Å². The summed E-state index contributed by atoms with van der Waals surface area (Å²) < 4.78 is 13.4. The minimum Gasteiger partial charge on any atom is -0.307 e. The number of carbonyl (C=O) groups excluding carboxylic acids is 1. The van der Waals surface area contributed by atoms with E-state index in [2.05, 4.69) is 15.3 Å². The van der Waals surface area contributed by atoms with E-state index in [9.17, 15) is 9.18 Å². The molecule has 25 heavy (non-hydrogen) atoms. The summed E-state index contributed by atoms with van der Waals surface area (Å²) >= 11 is 11.5. The van der Waals surface area contributed by atoms with E-state index in [1.807, 2.05) is 30.3 Å². The minimum atomic E-state index is -0.751. The Hall–Kier alpha value is -2.50. The number of amides is 1. The van der Waals surface area contributed by atoms with E-state index in [-0.39, 0.29) is 10.7 Å². The quantitative estimate of drug-likeness (QED) is 0.668. The largest absolute Gasteiger partial charge is 0.307 e. The standard InChI is InChI=1S/C18H12Cl2FN3O/c19-14-3-1-2-11(7-14)6-12-4-5-16(22-9-12)24-18(25)13-8-15(21)17(20)23-10-13/h1-5,7-10H,6H2,(H,22,24,25). The summed E-state index contributed by atoms with van der Waals surface area (Å²) in [6.07, 6.45) is 3.54. The highest BCUT2D eigenvalue weighted by Crippen LogP contribution is 2.16. The Bertz CT molecular complexity index is 916. The first-order valence-corrected chi connectivity index (χ1v) is 8.08. The van der Waals surface area contributed by atoms with Crippen LogP contribution in [0.5, 0.6) is 0 Å². The Morgan fingerprint density at radius 3 is 2.56 bits per heavy atom. The SMILES string of the molecule is O=C(Nc1ccc(Cc2cccc(Cl)c2)cn1)c1cnc(Cl)c(F)c1. The summed E-state index contributed by atoms with van der Waals surface area (Å²) in [6.45, 7) is 0. The third kappa shape index (κ3) is 4.53. The molecule has 2 heterocycles. The Morgan fingerprint density at radius 2 is 1.88 bits per heavy atom. The Kier molecular flexibility index (Phi) is 5.26. The molecule has 1 aromatic carbocycles. The Labute approximate surface area is 153 Å². The molecule has 0 fully saturated rings. The van der Waals surface area contributed by atoms with Crippen molar-refractivity contribution in [2.24, 2.45) is 0 Å². The van der Waals surface area contributed by atoms with Crippen LogP contribution < -0.4 is 5.32 Å². The fourth-order valence-corrected chi connectivity index (χ4v) is 2.54. The van der Waals surface area contributed by atoms with Crippen molar-refractivity contribution in [1.29, 1.82) is 0 Å². The van der Waals surface area contributed by atoms with Gasteiger partial charge < -0.3 is 5.32 Å². The van der Waals surface area contributed by atoms with E-state index in [1.54, 1.807) is 12.3 Å². The first-order valence-electron chi connectivity index (χ1n) is 7.33. The maximum absolute atomic E-state index is 13.4. The molecule has 0 spiro atoms. The van der Waals surface area contributed by atoms with Gasteiger partial charge in [-0.2, -0.15) is 0 Å². The summed E-state index contributed by atoms with van der Waals surface area (Å²) in [7, 11) is 0. The van der Waals surface area contributed by atoms with E-state index >= 15 is 0 Å². The van der Waals surface area contributed by atoms with Crippen molar-refractivity contribution in [3.05, 3.63) is 87.5 Å². The zero-order valence-corrected chi connectivity index (χ0v) is 14.4. The van der Waals surface area contributed by atoms with Gasteiger partial charge in [0, 0.05) is 17.4 Å². The summed E-state index contributed by atoms with van der Waals surface area (Å²) in [5.41, 5.74) is 2.10. The van der Waals surface area contributed by atoms with Gasteiger partial charge in [-0.05, 0) is 41.8 Å². The zero-order chi connectivity index (χ0) is 17.8. The number of benzene rings is 1. The molecule has 4 nitrogen and oxygen atoms in total. The van der Waals surface area contributed by atoms with Crippen LogP contribution >= 0.6 is 23.2 Å². The number of nitrogens with zero attached hydrogens (tertiary/aromatic N) is 2. The lowest BCUT2D eigenvalue weighted by Crippen LogP contribution is -2.13. The Morgan fingerprint density at radius 1 is 1.04 bits per heavy atom. The number of pyridine rings is 2. The second-order valence-electron chi connectivity index (χ2n) is 5.31. The third-order valence-corrected chi connectivity index (χ3v) is 3.94. The average molecular weight is 376 g/mol. The van der Waals surface area contributed by atoms with Crippen molar-refractivity contribution < 1.29 is 9.18 Å². The van der Waals surface area contributed by atoms with Crippen molar-refractivity contribution in [1.82, 2.24) is 9.97 Å². The highest BCUT2D eigenvalue weighted by molar-refractivity contribution is 6.30. The van der Waals surface area contributed by atoms with Gasteiger partial charge in [0.05, 0.1) is 5.56 Å². The molecule has 0 bridgehead atoms. The molecule has 3 aromatic rings. The van der Waals surface area contributed by atoms with Crippen LogP contribution in [-0.4, -0.2) is 15.9 Å². The highest BCUT2D eigenvalue weighted by Gasteiger charge is 2.11. The molecule has 0 atom stereocenters. The van der Waals surface area contributed by atoms with Crippen molar-refractivity contribution in [2.45, 2.75) is 6.42 Å². The van der Waals surface area contributed by atoms with Gasteiger partial charge in [0.15, 0.2) is 11.0 Å².